The minimum atomic E-state index is -0.392. The van der Waals surface area contributed by atoms with Crippen molar-refractivity contribution in [3.8, 4) is 11.7 Å². The van der Waals surface area contributed by atoms with Crippen LogP contribution in [0.4, 0.5) is 0 Å². The van der Waals surface area contributed by atoms with Crippen LogP contribution in [0.2, 0.25) is 0 Å². The van der Waals surface area contributed by atoms with Gasteiger partial charge in [0.2, 0.25) is 0 Å². The van der Waals surface area contributed by atoms with Crippen molar-refractivity contribution in [3.05, 3.63) is 24.3 Å². The van der Waals surface area contributed by atoms with Crippen LogP contribution >= 0.6 is 0 Å². The summed E-state index contributed by atoms with van der Waals surface area (Å²) in [6, 6.07) is 7.13. The summed E-state index contributed by atoms with van der Waals surface area (Å²) < 4.78 is 15.1. The van der Waals surface area contributed by atoms with E-state index >= 15 is 0 Å². The van der Waals surface area contributed by atoms with Crippen molar-refractivity contribution in [2.45, 2.75) is 0 Å². The topological polar surface area (TPSA) is 51.8 Å². The highest BCUT2D eigenvalue weighted by Crippen LogP contribution is 2.27. The van der Waals surface area contributed by atoms with Crippen LogP contribution in [0.25, 0.3) is 11.0 Å². The summed E-state index contributed by atoms with van der Waals surface area (Å²) in [7, 11) is 1.60. The van der Waals surface area contributed by atoms with Crippen molar-refractivity contribution in [2.24, 2.45) is 0 Å². The zero-order chi connectivity index (χ0) is 9.97. The van der Waals surface area contributed by atoms with Gasteiger partial charge in [-0.1, -0.05) is 0 Å². The molecule has 14 heavy (non-hydrogen) atoms. The number of methoxy groups -OCH3 is 1. The van der Waals surface area contributed by atoms with Crippen LogP contribution in [-0.4, -0.2) is 19.0 Å². The van der Waals surface area contributed by atoms with Gasteiger partial charge in [0.1, 0.15) is 11.3 Å². The van der Waals surface area contributed by atoms with E-state index in [0.717, 1.165) is 11.1 Å². The Labute approximate surface area is 80.7 Å². The first-order valence-corrected chi connectivity index (χ1v) is 4.15. The number of furan rings is 1. The highest BCUT2D eigenvalue weighted by molar-refractivity contribution is 5.80. The molecule has 0 bridgehead atoms. The summed E-state index contributed by atoms with van der Waals surface area (Å²) >= 11 is 0. The molecule has 0 saturated carbocycles. The number of fused-ring (bicyclic) bond motifs is 1. The van der Waals surface area contributed by atoms with E-state index in [-0.39, 0.29) is 0 Å². The first-order chi connectivity index (χ1) is 6.83. The molecular weight excluding hydrogens is 184 g/mol. The zero-order valence-electron chi connectivity index (χ0n) is 7.69. The monoisotopic (exact) mass is 194 g/mol. The molecule has 0 atom stereocenters. The van der Waals surface area contributed by atoms with Crippen molar-refractivity contribution in [3.63, 3.8) is 0 Å². The highest BCUT2D eigenvalue weighted by atomic mass is 16.6. The van der Waals surface area contributed by atoms with E-state index < -0.39 is 6.79 Å². The van der Waals surface area contributed by atoms with Gasteiger partial charge in [-0.25, -0.2) is 0 Å². The molecule has 1 aromatic heterocycles. The second kappa shape index (κ2) is 3.59. The average molecular weight is 194 g/mol. The van der Waals surface area contributed by atoms with Gasteiger partial charge in [-0.2, -0.15) is 0 Å². The van der Waals surface area contributed by atoms with Gasteiger partial charge in [0.15, 0.2) is 6.79 Å². The maximum atomic E-state index is 8.54. The van der Waals surface area contributed by atoms with Crippen LogP contribution in [0.15, 0.2) is 28.7 Å². The van der Waals surface area contributed by atoms with E-state index in [1.807, 2.05) is 6.07 Å². The average Bonchev–Trinajstić information content (AvgIpc) is 2.59. The molecule has 4 heteroatoms. The van der Waals surface area contributed by atoms with E-state index in [2.05, 4.69) is 0 Å². The third-order valence-electron chi connectivity index (χ3n) is 1.91. The lowest BCUT2D eigenvalue weighted by Crippen LogP contribution is -1.91. The standard InChI is InChI=1S/C10H10O4/c1-12-8-2-3-9-7(4-8)5-10(14-9)13-6-11/h2-5,11H,6H2,1H3. The minimum absolute atomic E-state index is 0.302. The number of rotatable bonds is 3. The maximum absolute atomic E-state index is 8.54. The van der Waals surface area contributed by atoms with E-state index in [1.54, 1.807) is 25.3 Å². The molecule has 1 heterocycles. The Balaban J connectivity index is 2.43. The Morgan fingerprint density at radius 3 is 2.93 bits per heavy atom. The molecule has 0 fully saturated rings. The van der Waals surface area contributed by atoms with Gasteiger partial charge < -0.3 is 19.0 Å². The Bertz CT molecular complexity index is 433. The minimum Gasteiger partial charge on any atom is -0.497 e. The molecule has 0 aliphatic heterocycles. The lowest BCUT2D eigenvalue weighted by atomic mass is 10.2. The molecule has 0 aliphatic carbocycles. The number of hydrogen-bond donors (Lipinski definition) is 1. The SMILES string of the molecule is COc1ccc2oc(OCO)cc2c1. The van der Waals surface area contributed by atoms with Gasteiger partial charge in [-0.3, -0.25) is 0 Å². The van der Waals surface area contributed by atoms with Crippen LogP contribution in [-0.2, 0) is 0 Å². The Morgan fingerprint density at radius 2 is 2.21 bits per heavy atom. The molecule has 0 radical (unpaired) electrons. The predicted molar refractivity (Wildman–Crippen MR) is 50.5 cm³/mol. The molecule has 0 unspecified atom stereocenters. The normalized spacial score (nSPS) is 10.4. The summed E-state index contributed by atoms with van der Waals surface area (Å²) in [4.78, 5) is 0. The second-order valence-electron chi connectivity index (χ2n) is 2.74. The fourth-order valence-corrected chi connectivity index (χ4v) is 1.26. The number of ether oxygens (including phenoxy) is 2. The maximum Gasteiger partial charge on any atom is 0.287 e. The molecule has 0 saturated heterocycles. The molecule has 2 rings (SSSR count). The van der Waals surface area contributed by atoms with Crippen LogP contribution in [0, 0.1) is 0 Å². The summed E-state index contributed by atoms with van der Waals surface area (Å²) in [5, 5.41) is 9.42. The van der Waals surface area contributed by atoms with E-state index in [0.29, 0.717) is 11.5 Å². The fourth-order valence-electron chi connectivity index (χ4n) is 1.26. The molecule has 4 nitrogen and oxygen atoms in total. The Kier molecular flexibility index (Phi) is 2.28. The molecule has 0 aliphatic rings. The molecule has 74 valence electrons. The van der Waals surface area contributed by atoms with Crippen LogP contribution in [0.3, 0.4) is 0 Å². The first kappa shape index (κ1) is 8.90. The van der Waals surface area contributed by atoms with Crippen molar-refractivity contribution < 1.29 is 19.0 Å². The molecule has 1 N–H and O–H groups in total. The van der Waals surface area contributed by atoms with Crippen molar-refractivity contribution in [1.29, 1.82) is 0 Å². The third-order valence-corrected chi connectivity index (χ3v) is 1.91. The van der Waals surface area contributed by atoms with E-state index in [9.17, 15) is 0 Å². The number of aliphatic hydroxyl groups is 1. The summed E-state index contributed by atoms with van der Waals surface area (Å²) in [5.74, 6) is 1.06. The molecule has 0 amide bonds. The Morgan fingerprint density at radius 1 is 1.36 bits per heavy atom. The third kappa shape index (κ3) is 1.52. The molecule has 0 spiro atoms. The van der Waals surface area contributed by atoms with Gasteiger partial charge in [0.25, 0.3) is 5.95 Å². The first-order valence-electron chi connectivity index (χ1n) is 4.15. The largest absolute Gasteiger partial charge is 0.497 e. The smallest absolute Gasteiger partial charge is 0.287 e. The van der Waals surface area contributed by atoms with Crippen LogP contribution < -0.4 is 9.47 Å². The molecular formula is C10H10O4. The zero-order valence-corrected chi connectivity index (χ0v) is 7.69. The summed E-state index contributed by atoms with van der Waals surface area (Å²) in [5.41, 5.74) is 0.703. The lowest BCUT2D eigenvalue weighted by Gasteiger charge is -1.96. The Hall–Kier alpha value is -1.68. The molecule has 1 aromatic carbocycles. The lowest BCUT2D eigenvalue weighted by molar-refractivity contribution is 0.0769. The van der Waals surface area contributed by atoms with Gasteiger partial charge >= 0.3 is 0 Å². The van der Waals surface area contributed by atoms with E-state index in [1.165, 1.54) is 0 Å². The van der Waals surface area contributed by atoms with Gasteiger partial charge in [-0.15, -0.1) is 0 Å². The number of aliphatic hydroxyl groups excluding tert-OH is 1. The molecule has 2 aromatic rings. The quantitative estimate of drug-likeness (QED) is 0.756. The highest BCUT2D eigenvalue weighted by Gasteiger charge is 2.04. The fraction of sp³-hybridized carbons (Fsp3) is 0.200. The number of benzene rings is 1. The van der Waals surface area contributed by atoms with Crippen molar-refractivity contribution in [2.75, 3.05) is 13.9 Å². The van der Waals surface area contributed by atoms with E-state index in [4.69, 9.17) is 19.0 Å². The number of hydrogen-bond acceptors (Lipinski definition) is 4. The van der Waals surface area contributed by atoms with Gasteiger partial charge in [0.05, 0.1) is 7.11 Å². The summed E-state index contributed by atoms with van der Waals surface area (Å²) in [6.07, 6.45) is 0. The van der Waals surface area contributed by atoms with Crippen LogP contribution in [0.5, 0.6) is 11.7 Å². The second-order valence-corrected chi connectivity index (χ2v) is 2.74. The summed E-state index contributed by atoms with van der Waals surface area (Å²) in [6.45, 7) is -0.392. The van der Waals surface area contributed by atoms with Gasteiger partial charge in [-0.05, 0) is 18.2 Å². The van der Waals surface area contributed by atoms with Crippen molar-refractivity contribution >= 4 is 11.0 Å². The van der Waals surface area contributed by atoms with Crippen molar-refractivity contribution in [1.82, 2.24) is 0 Å². The predicted octanol–water partition coefficient (Wildman–Crippen LogP) is 1.77. The van der Waals surface area contributed by atoms with Crippen LogP contribution in [0.1, 0.15) is 0 Å². The van der Waals surface area contributed by atoms with Gasteiger partial charge in [0, 0.05) is 11.5 Å².